The molecule has 0 saturated carbocycles. The molecule has 2 aliphatic rings. The Hall–Kier alpha value is -5.20. The maximum Gasteiger partial charge on any atom is 0.149 e. The number of para-hydroxylation sites is 2. The van der Waals surface area contributed by atoms with Gasteiger partial charge in [-0.3, -0.25) is 0 Å². The summed E-state index contributed by atoms with van der Waals surface area (Å²) in [5, 5.41) is 8.00. The highest BCUT2D eigenvalue weighted by atomic mass is 32.2. The van der Waals surface area contributed by atoms with Crippen LogP contribution >= 0.6 is 23.5 Å². The first-order valence-corrected chi connectivity index (χ1v) is 22.0. The van der Waals surface area contributed by atoms with Gasteiger partial charge in [0.25, 0.3) is 0 Å². The van der Waals surface area contributed by atoms with E-state index in [4.69, 9.17) is 4.74 Å². The molecule has 51 heavy (non-hydrogen) atoms. The molecule has 0 radical (unpaired) electrons. The zero-order valence-corrected chi connectivity index (χ0v) is 30.9. The highest BCUT2D eigenvalue weighted by Gasteiger charge is 2.37. The summed E-state index contributed by atoms with van der Waals surface area (Å²) in [5.74, 6) is 1.83. The largest absolute Gasteiger partial charge is 0.454 e. The molecule has 8 aromatic rings. The van der Waals surface area contributed by atoms with E-state index in [2.05, 4.69) is 176 Å². The molecule has 0 aliphatic carbocycles. The van der Waals surface area contributed by atoms with Crippen molar-refractivity contribution in [3.63, 3.8) is 0 Å². The maximum atomic E-state index is 6.53. The minimum Gasteiger partial charge on any atom is -0.454 e. The molecule has 0 atom stereocenters. The minimum absolute atomic E-state index is 0.911. The molecule has 5 heteroatoms. The van der Waals surface area contributed by atoms with Crippen LogP contribution in [0.3, 0.4) is 0 Å². The van der Waals surface area contributed by atoms with E-state index < -0.39 is 8.07 Å². The molecule has 8 aromatic carbocycles. The minimum atomic E-state index is -1.94. The molecule has 0 bridgehead atoms. The number of fused-ring (bicyclic) bond motifs is 6. The number of hydrogen-bond donors (Lipinski definition) is 0. The van der Waals surface area contributed by atoms with Gasteiger partial charge in [0.2, 0.25) is 0 Å². The molecule has 0 amide bonds. The van der Waals surface area contributed by atoms with Crippen molar-refractivity contribution in [3.8, 4) is 22.6 Å². The lowest BCUT2D eigenvalue weighted by atomic mass is 10.0. The van der Waals surface area contributed by atoms with Crippen LogP contribution in [-0.4, -0.2) is 8.07 Å². The lowest BCUT2D eigenvalue weighted by Gasteiger charge is -2.36. The summed E-state index contributed by atoms with van der Waals surface area (Å²) in [6, 6.07) is 59.9. The van der Waals surface area contributed by atoms with Crippen molar-refractivity contribution >= 4 is 80.6 Å². The Morgan fingerprint density at radius 1 is 0.490 bits per heavy atom. The summed E-state index contributed by atoms with van der Waals surface area (Å²) in [7, 11) is -1.94. The topological polar surface area (TPSA) is 12.5 Å². The van der Waals surface area contributed by atoms with Crippen LogP contribution < -0.4 is 20.0 Å². The Balaban J connectivity index is 1.13. The summed E-state index contributed by atoms with van der Waals surface area (Å²) in [5.41, 5.74) is 5.71. The van der Waals surface area contributed by atoms with Crippen LogP contribution in [0.15, 0.2) is 183 Å². The summed E-state index contributed by atoms with van der Waals surface area (Å²) in [4.78, 5) is 7.49. The normalized spacial score (nSPS) is 13.8. The zero-order valence-electron chi connectivity index (χ0n) is 28.3. The predicted octanol–water partition coefficient (Wildman–Crippen LogP) is 12.7. The fourth-order valence-corrected chi connectivity index (χ4v) is 14.2. The molecule has 2 heterocycles. The van der Waals surface area contributed by atoms with Gasteiger partial charge in [-0.2, -0.15) is 0 Å². The van der Waals surface area contributed by atoms with E-state index in [1.165, 1.54) is 47.4 Å². The molecule has 244 valence electrons. The van der Waals surface area contributed by atoms with E-state index in [0.717, 1.165) is 43.8 Å². The molecule has 0 aromatic heterocycles. The average Bonchev–Trinajstić information content (AvgIpc) is 3.17. The van der Waals surface area contributed by atoms with E-state index in [9.17, 15) is 0 Å². The third-order valence-corrected chi connectivity index (χ3v) is 16.5. The third kappa shape index (κ3) is 5.10. The van der Waals surface area contributed by atoms with Crippen LogP contribution in [0.5, 0.6) is 11.5 Å². The van der Waals surface area contributed by atoms with Crippen molar-refractivity contribution < 1.29 is 4.74 Å². The molecular formula is C46H33NOS2Si. The highest BCUT2D eigenvalue weighted by Crippen LogP contribution is 2.51. The van der Waals surface area contributed by atoms with E-state index in [1.54, 1.807) is 11.8 Å². The van der Waals surface area contributed by atoms with Crippen LogP contribution in [0.2, 0.25) is 13.1 Å². The molecule has 2 nitrogen and oxygen atoms in total. The van der Waals surface area contributed by atoms with Gasteiger partial charge in [-0.15, -0.1) is 0 Å². The Bertz CT molecular complexity index is 2670. The van der Waals surface area contributed by atoms with Gasteiger partial charge in [-0.1, -0.05) is 134 Å². The molecule has 2 aliphatic heterocycles. The van der Waals surface area contributed by atoms with Crippen molar-refractivity contribution in [1.29, 1.82) is 0 Å². The number of rotatable bonds is 4. The van der Waals surface area contributed by atoms with Gasteiger partial charge in [-0.25, -0.2) is 0 Å². The standard InChI is InChI=1S/C46H33NOS2Si/c1-51(2)43-19-8-7-17-41(43)50-46-38(14-10-20-44(46)51)47(36-26-23-33-27-31-11-3-4-12-32(31)28-34(33)29-36)35-24-21-30(22-25-35)37-13-9-18-42-45(37)48-39-15-5-6-16-40(39)49-42/h3-29H,1-2H3. The molecule has 0 unspecified atom stereocenters. The third-order valence-electron chi connectivity index (χ3n) is 10.3. The number of hydrogen-bond acceptors (Lipinski definition) is 4. The number of anilines is 3. The fraction of sp³-hybridized carbons (Fsp3) is 0.0435. The van der Waals surface area contributed by atoms with Gasteiger partial charge in [0, 0.05) is 26.7 Å². The van der Waals surface area contributed by atoms with Crippen molar-refractivity contribution in [2.45, 2.75) is 32.7 Å². The van der Waals surface area contributed by atoms with Crippen LogP contribution in [0, 0.1) is 0 Å². The van der Waals surface area contributed by atoms with Gasteiger partial charge in [0.1, 0.15) is 19.6 Å². The molecule has 0 saturated heterocycles. The average molecular weight is 708 g/mol. The van der Waals surface area contributed by atoms with Crippen molar-refractivity contribution in [2.24, 2.45) is 0 Å². The van der Waals surface area contributed by atoms with Crippen LogP contribution in [0.25, 0.3) is 32.7 Å². The van der Waals surface area contributed by atoms with E-state index in [-0.39, 0.29) is 0 Å². The summed E-state index contributed by atoms with van der Waals surface area (Å²) in [6.07, 6.45) is 0. The SMILES string of the molecule is C[Si]1(C)c2ccccc2Sc2c(N(c3ccc(-c4cccc5c4Oc4ccccc4S5)cc3)c3ccc4cc5ccccc5cc4c3)cccc21. The maximum absolute atomic E-state index is 6.53. The van der Waals surface area contributed by atoms with Crippen molar-refractivity contribution in [2.75, 3.05) is 4.90 Å². The Kier molecular flexibility index (Phi) is 7.17. The van der Waals surface area contributed by atoms with Crippen LogP contribution in [-0.2, 0) is 0 Å². The second kappa shape index (κ2) is 12.0. The lowest BCUT2D eigenvalue weighted by molar-refractivity contribution is 0.456. The summed E-state index contributed by atoms with van der Waals surface area (Å²) in [6.45, 7) is 4.99. The van der Waals surface area contributed by atoms with Crippen LogP contribution in [0.1, 0.15) is 0 Å². The Labute approximate surface area is 307 Å². The summed E-state index contributed by atoms with van der Waals surface area (Å²) < 4.78 is 6.53. The second-order valence-electron chi connectivity index (χ2n) is 13.8. The van der Waals surface area contributed by atoms with Gasteiger partial charge < -0.3 is 9.64 Å². The molecule has 0 fully saturated rings. The molecule has 0 N–H and O–H groups in total. The zero-order chi connectivity index (χ0) is 34.1. The van der Waals surface area contributed by atoms with E-state index in [0.29, 0.717) is 0 Å². The van der Waals surface area contributed by atoms with Gasteiger partial charge in [-0.05, 0) is 104 Å². The molecular weight excluding hydrogens is 675 g/mol. The predicted molar refractivity (Wildman–Crippen MR) is 220 cm³/mol. The van der Waals surface area contributed by atoms with Crippen LogP contribution in [0.4, 0.5) is 17.1 Å². The highest BCUT2D eigenvalue weighted by molar-refractivity contribution is 8.00. The number of benzene rings is 8. The van der Waals surface area contributed by atoms with E-state index >= 15 is 0 Å². The smallest absolute Gasteiger partial charge is 0.149 e. The first-order chi connectivity index (χ1) is 25.0. The van der Waals surface area contributed by atoms with Gasteiger partial charge >= 0.3 is 0 Å². The van der Waals surface area contributed by atoms with Crippen molar-refractivity contribution in [1.82, 2.24) is 0 Å². The first-order valence-electron chi connectivity index (χ1n) is 17.3. The number of nitrogens with zero attached hydrogens (tertiary/aromatic N) is 1. The van der Waals surface area contributed by atoms with Gasteiger partial charge in [0.15, 0.2) is 0 Å². The fourth-order valence-electron chi connectivity index (χ4n) is 7.69. The van der Waals surface area contributed by atoms with Crippen molar-refractivity contribution in [3.05, 3.63) is 164 Å². The second-order valence-corrected chi connectivity index (χ2v) is 20.2. The molecule has 10 rings (SSSR count). The monoisotopic (exact) mass is 707 g/mol. The lowest BCUT2D eigenvalue weighted by Crippen LogP contribution is -2.56. The van der Waals surface area contributed by atoms with E-state index in [1.807, 2.05) is 17.8 Å². The quantitative estimate of drug-likeness (QED) is 0.133. The Morgan fingerprint density at radius 2 is 1.14 bits per heavy atom. The number of ether oxygens (including phenoxy) is 1. The van der Waals surface area contributed by atoms with Gasteiger partial charge in [0.05, 0.1) is 15.5 Å². The Morgan fingerprint density at radius 3 is 1.98 bits per heavy atom. The summed E-state index contributed by atoms with van der Waals surface area (Å²) >= 11 is 3.69. The first kappa shape index (κ1) is 30.6. The molecule has 0 spiro atoms.